The minimum Gasteiger partial charge on any atom is -0.481 e. The zero-order valence-electron chi connectivity index (χ0n) is 18.5. The van der Waals surface area contributed by atoms with Crippen LogP contribution in [0, 0.1) is 0 Å². The van der Waals surface area contributed by atoms with Crippen LogP contribution in [0.3, 0.4) is 0 Å². The summed E-state index contributed by atoms with van der Waals surface area (Å²) in [6.45, 7) is 10.1. The van der Waals surface area contributed by atoms with Gasteiger partial charge in [0.05, 0.1) is 5.56 Å². The molecule has 31 heavy (non-hydrogen) atoms. The Balaban J connectivity index is 2.11. The van der Waals surface area contributed by atoms with Gasteiger partial charge in [-0.25, -0.2) is 14.4 Å². The molecular weight excluding hydrogens is 400 g/mol. The highest BCUT2D eigenvalue weighted by atomic mass is 16.6. The molecule has 164 valence electrons. The standard InChI is InChI=1S/C24H26O7/c1-7-13(3)22(26)30-20-18-16(11-9-15-10-12-17(25)29-19(15)18)28-21(20)24(5,6)31-23(27)14(4)8-2/h7-12,20-21H,1-6H3/t20?,21-/m0/s1. The van der Waals surface area contributed by atoms with E-state index in [-0.39, 0.29) is 5.58 Å². The van der Waals surface area contributed by atoms with Gasteiger partial charge in [-0.05, 0) is 59.7 Å². The second kappa shape index (κ2) is 8.41. The van der Waals surface area contributed by atoms with Crippen LogP contribution in [-0.4, -0.2) is 23.6 Å². The summed E-state index contributed by atoms with van der Waals surface area (Å²) in [5, 5.41) is 0.658. The SMILES string of the molecule is CC=C(C)C(=O)OC1c2c(ccc3ccc(=O)oc23)O[C@@H]1C(C)(C)OC(=O)C(C)=CC. The minimum atomic E-state index is -1.17. The minimum absolute atomic E-state index is 0.273. The van der Waals surface area contributed by atoms with Crippen molar-refractivity contribution in [1.82, 2.24) is 0 Å². The van der Waals surface area contributed by atoms with Gasteiger partial charge in [0.25, 0.3) is 0 Å². The van der Waals surface area contributed by atoms with Crippen molar-refractivity contribution in [2.45, 2.75) is 59.4 Å². The van der Waals surface area contributed by atoms with Gasteiger partial charge in [-0.2, -0.15) is 0 Å². The lowest BCUT2D eigenvalue weighted by atomic mass is 9.93. The van der Waals surface area contributed by atoms with E-state index in [1.165, 1.54) is 6.07 Å². The van der Waals surface area contributed by atoms with Crippen molar-refractivity contribution in [3.63, 3.8) is 0 Å². The molecule has 0 spiro atoms. The molecule has 2 heterocycles. The number of benzene rings is 1. The summed E-state index contributed by atoms with van der Waals surface area (Å²) in [7, 11) is 0. The van der Waals surface area contributed by atoms with Gasteiger partial charge in [0.1, 0.15) is 16.9 Å². The third kappa shape index (κ3) is 4.26. The first-order valence-electron chi connectivity index (χ1n) is 10.0. The lowest BCUT2D eigenvalue weighted by Crippen LogP contribution is -2.46. The molecule has 1 aliphatic heterocycles. The first-order chi connectivity index (χ1) is 14.6. The number of ether oxygens (including phenoxy) is 3. The van der Waals surface area contributed by atoms with E-state index in [9.17, 15) is 14.4 Å². The highest BCUT2D eigenvalue weighted by Crippen LogP contribution is 2.47. The van der Waals surface area contributed by atoms with Crippen LogP contribution >= 0.6 is 0 Å². The third-order valence-corrected chi connectivity index (χ3v) is 5.39. The van der Waals surface area contributed by atoms with Crippen molar-refractivity contribution in [2.75, 3.05) is 0 Å². The lowest BCUT2D eigenvalue weighted by molar-refractivity contribution is -0.172. The van der Waals surface area contributed by atoms with Crippen LogP contribution in [0.25, 0.3) is 11.0 Å². The summed E-state index contributed by atoms with van der Waals surface area (Å²) in [4.78, 5) is 37.0. The smallest absolute Gasteiger partial charge is 0.336 e. The molecule has 0 amide bonds. The maximum absolute atomic E-state index is 12.6. The summed E-state index contributed by atoms with van der Waals surface area (Å²) in [5.41, 5.74) is -0.143. The topological polar surface area (TPSA) is 92.0 Å². The first-order valence-corrected chi connectivity index (χ1v) is 10.0. The van der Waals surface area contributed by atoms with Crippen LogP contribution < -0.4 is 10.4 Å². The highest BCUT2D eigenvalue weighted by molar-refractivity contribution is 5.89. The quantitative estimate of drug-likeness (QED) is 0.398. The third-order valence-electron chi connectivity index (χ3n) is 5.39. The number of carbonyl (C=O) groups is 2. The maximum Gasteiger partial charge on any atom is 0.336 e. The largest absolute Gasteiger partial charge is 0.481 e. The van der Waals surface area contributed by atoms with Gasteiger partial charge in [-0.3, -0.25) is 0 Å². The Morgan fingerprint density at radius 1 is 1.00 bits per heavy atom. The molecule has 3 rings (SSSR count). The lowest BCUT2D eigenvalue weighted by Gasteiger charge is -2.33. The Morgan fingerprint density at radius 3 is 2.26 bits per heavy atom. The molecule has 0 aliphatic carbocycles. The van der Waals surface area contributed by atoms with Gasteiger partial charge < -0.3 is 18.6 Å². The molecule has 1 aromatic carbocycles. The molecule has 7 heteroatoms. The Morgan fingerprint density at radius 2 is 1.61 bits per heavy atom. The zero-order valence-corrected chi connectivity index (χ0v) is 18.5. The van der Waals surface area contributed by atoms with Crippen molar-refractivity contribution in [3.05, 3.63) is 63.5 Å². The van der Waals surface area contributed by atoms with Crippen LogP contribution in [0.15, 0.2) is 56.8 Å². The van der Waals surface area contributed by atoms with E-state index < -0.39 is 35.4 Å². The monoisotopic (exact) mass is 426 g/mol. The molecule has 0 saturated heterocycles. The van der Waals surface area contributed by atoms with E-state index in [1.54, 1.807) is 71.9 Å². The van der Waals surface area contributed by atoms with Gasteiger partial charge in [0.2, 0.25) is 0 Å². The van der Waals surface area contributed by atoms with E-state index in [0.717, 1.165) is 0 Å². The fourth-order valence-electron chi connectivity index (χ4n) is 3.31. The molecule has 0 saturated carbocycles. The van der Waals surface area contributed by atoms with Crippen LogP contribution in [0.2, 0.25) is 0 Å². The predicted octanol–water partition coefficient (Wildman–Crippen LogP) is 4.39. The average molecular weight is 426 g/mol. The van der Waals surface area contributed by atoms with E-state index in [2.05, 4.69) is 0 Å². The summed E-state index contributed by atoms with van der Waals surface area (Å²) >= 11 is 0. The van der Waals surface area contributed by atoms with Gasteiger partial charge in [-0.1, -0.05) is 12.2 Å². The number of fused-ring (bicyclic) bond motifs is 3. The fourth-order valence-corrected chi connectivity index (χ4v) is 3.31. The molecule has 2 aromatic rings. The van der Waals surface area contributed by atoms with Crippen molar-refractivity contribution >= 4 is 22.9 Å². The molecule has 2 atom stereocenters. The van der Waals surface area contributed by atoms with E-state index >= 15 is 0 Å². The number of rotatable bonds is 5. The predicted molar refractivity (Wildman–Crippen MR) is 115 cm³/mol. The van der Waals surface area contributed by atoms with Crippen LogP contribution in [-0.2, 0) is 19.1 Å². The van der Waals surface area contributed by atoms with Crippen LogP contribution in [0.4, 0.5) is 0 Å². The molecule has 0 N–H and O–H groups in total. The highest BCUT2D eigenvalue weighted by Gasteiger charge is 2.50. The van der Waals surface area contributed by atoms with Crippen molar-refractivity contribution in [2.24, 2.45) is 0 Å². The Bertz CT molecular complexity index is 1150. The second-order valence-electron chi connectivity index (χ2n) is 7.95. The summed E-state index contributed by atoms with van der Waals surface area (Å²) in [6, 6.07) is 6.42. The van der Waals surface area contributed by atoms with Gasteiger partial charge in [0, 0.05) is 22.6 Å². The van der Waals surface area contributed by atoms with E-state index in [4.69, 9.17) is 18.6 Å². The molecular formula is C24H26O7. The number of hydrogen-bond donors (Lipinski definition) is 0. The van der Waals surface area contributed by atoms with Gasteiger partial charge in [0.15, 0.2) is 12.2 Å². The van der Waals surface area contributed by atoms with Crippen molar-refractivity contribution in [1.29, 1.82) is 0 Å². The number of esters is 2. The number of hydrogen-bond acceptors (Lipinski definition) is 7. The summed E-state index contributed by atoms with van der Waals surface area (Å²) in [6.07, 6.45) is 1.47. The molecule has 0 radical (unpaired) electrons. The first kappa shape index (κ1) is 22.3. The number of allylic oxidation sites excluding steroid dienone is 2. The van der Waals surface area contributed by atoms with Crippen molar-refractivity contribution in [3.8, 4) is 5.75 Å². The van der Waals surface area contributed by atoms with Gasteiger partial charge in [-0.15, -0.1) is 0 Å². The molecule has 7 nitrogen and oxygen atoms in total. The zero-order chi connectivity index (χ0) is 22.9. The molecule has 0 fully saturated rings. The second-order valence-corrected chi connectivity index (χ2v) is 7.95. The van der Waals surface area contributed by atoms with Crippen LogP contribution in [0.1, 0.15) is 53.2 Å². The average Bonchev–Trinajstić information content (AvgIpc) is 3.11. The summed E-state index contributed by atoms with van der Waals surface area (Å²) < 4.78 is 23.1. The number of carbonyl (C=O) groups excluding carboxylic acids is 2. The van der Waals surface area contributed by atoms with Crippen LogP contribution in [0.5, 0.6) is 5.75 Å². The van der Waals surface area contributed by atoms with Gasteiger partial charge >= 0.3 is 17.6 Å². The van der Waals surface area contributed by atoms with Crippen molar-refractivity contribution < 1.29 is 28.2 Å². The molecule has 1 unspecified atom stereocenters. The normalized spacial score (nSPS) is 19.0. The maximum atomic E-state index is 12.6. The van der Waals surface area contributed by atoms with E-state index in [0.29, 0.717) is 27.8 Å². The Kier molecular flexibility index (Phi) is 6.06. The molecule has 1 aliphatic rings. The molecule has 1 aromatic heterocycles. The summed E-state index contributed by atoms with van der Waals surface area (Å²) in [5.74, 6) is -0.649. The molecule has 0 bridgehead atoms. The Labute approximate surface area is 180 Å². The van der Waals surface area contributed by atoms with E-state index in [1.807, 2.05) is 0 Å². The Hall–Kier alpha value is -3.35. The fraction of sp³-hybridized carbons (Fsp3) is 0.375.